The van der Waals surface area contributed by atoms with E-state index in [9.17, 15) is 25.6 Å². The minimum atomic E-state index is -4.40. The summed E-state index contributed by atoms with van der Waals surface area (Å²) in [6.45, 7) is 0.163. The van der Waals surface area contributed by atoms with Crippen LogP contribution in [0.2, 0.25) is 0 Å². The number of nitrogens with zero attached hydrogens (tertiary/aromatic N) is 1. The minimum absolute atomic E-state index is 0.00308. The van der Waals surface area contributed by atoms with Crippen molar-refractivity contribution in [2.24, 2.45) is 0 Å². The van der Waals surface area contributed by atoms with Gasteiger partial charge in [0.2, 0.25) is 10.0 Å². The Bertz CT molecular complexity index is 1250. The van der Waals surface area contributed by atoms with E-state index in [4.69, 9.17) is 0 Å². The highest BCUT2D eigenvalue weighted by Gasteiger charge is 2.23. The number of nitrogens with one attached hydrogen (secondary N) is 1. The van der Waals surface area contributed by atoms with Crippen LogP contribution in [0, 0.1) is 11.6 Å². The molecule has 30 heavy (non-hydrogen) atoms. The van der Waals surface area contributed by atoms with E-state index in [1.807, 2.05) is 6.07 Å². The first-order valence-corrected chi connectivity index (χ1v) is 11.6. The molecule has 3 aromatic rings. The van der Waals surface area contributed by atoms with Gasteiger partial charge in [-0.2, -0.15) is 4.31 Å². The molecule has 0 aliphatic rings. The molecule has 3 rings (SSSR count). The van der Waals surface area contributed by atoms with Gasteiger partial charge in [-0.25, -0.2) is 25.6 Å². The van der Waals surface area contributed by atoms with Crippen LogP contribution in [0.5, 0.6) is 0 Å². The molecule has 158 valence electrons. The first-order chi connectivity index (χ1) is 14.1. The van der Waals surface area contributed by atoms with Crippen LogP contribution in [0.15, 0.2) is 82.6 Å². The molecule has 0 atom stereocenters. The van der Waals surface area contributed by atoms with Gasteiger partial charge in [-0.15, -0.1) is 0 Å². The number of rotatable bonds is 7. The molecule has 6 nitrogen and oxygen atoms in total. The van der Waals surface area contributed by atoms with E-state index in [0.717, 1.165) is 11.6 Å². The van der Waals surface area contributed by atoms with Gasteiger partial charge in [0.25, 0.3) is 10.0 Å². The van der Waals surface area contributed by atoms with Crippen molar-refractivity contribution < 1.29 is 25.6 Å². The summed E-state index contributed by atoms with van der Waals surface area (Å²) in [5.74, 6) is -2.01. The summed E-state index contributed by atoms with van der Waals surface area (Å²) in [6.07, 6.45) is 0. The standard InChI is InChI=1S/C20H18F2N2O4S2/c1-24(14-15-5-3-2-4-6-15)30(27,28)18-10-8-17(9-11-18)23-29(25,26)20-13-16(21)7-12-19(20)22/h2-13,23H,14H2,1H3. The van der Waals surface area contributed by atoms with Gasteiger partial charge in [-0.05, 0) is 48.0 Å². The molecular formula is C20H18F2N2O4S2. The van der Waals surface area contributed by atoms with Crippen molar-refractivity contribution in [3.8, 4) is 0 Å². The van der Waals surface area contributed by atoms with E-state index in [-0.39, 0.29) is 17.1 Å². The van der Waals surface area contributed by atoms with Gasteiger partial charge in [0.15, 0.2) is 0 Å². The van der Waals surface area contributed by atoms with Crippen molar-refractivity contribution in [2.75, 3.05) is 11.8 Å². The number of hydrogen-bond acceptors (Lipinski definition) is 4. The summed E-state index contributed by atoms with van der Waals surface area (Å²) in [5, 5.41) is 0. The third-order valence-electron chi connectivity index (χ3n) is 4.25. The number of halogens is 2. The average molecular weight is 453 g/mol. The SMILES string of the molecule is CN(Cc1ccccc1)S(=O)(=O)c1ccc(NS(=O)(=O)c2cc(F)ccc2F)cc1. The van der Waals surface area contributed by atoms with Crippen molar-refractivity contribution in [1.29, 1.82) is 0 Å². The molecule has 10 heteroatoms. The quantitative estimate of drug-likeness (QED) is 0.594. The largest absolute Gasteiger partial charge is 0.280 e. The van der Waals surface area contributed by atoms with E-state index < -0.39 is 36.6 Å². The first kappa shape index (κ1) is 21.9. The fraction of sp³-hybridized carbons (Fsp3) is 0.100. The Balaban J connectivity index is 1.79. The molecule has 0 unspecified atom stereocenters. The lowest BCUT2D eigenvalue weighted by molar-refractivity contribution is 0.467. The normalized spacial score (nSPS) is 12.1. The van der Waals surface area contributed by atoms with E-state index in [1.54, 1.807) is 24.3 Å². The number of sulfonamides is 2. The van der Waals surface area contributed by atoms with Crippen LogP contribution in [0.3, 0.4) is 0 Å². The minimum Gasteiger partial charge on any atom is -0.280 e. The zero-order valence-corrected chi connectivity index (χ0v) is 17.4. The van der Waals surface area contributed by atoms with Gasteiger partial charge < -0.3 is 0 Å². The molecule has 0 aliphatic heterocycles. The second-order valence-electron chi connectivity index (χ2n) is 6.45. The van der Waals surface area contributed by atoms with Crippen LogP contribution in [-0.4, -0.2) is 28.2 Å². The molecule has 1 N–H and O–H groups in total. The molecule has 0 bridgehead atoms. The molecule has 0 aliphatic carbocycles. The molecule has 0 heterocycles. The highest BCUT2D eigenvalue weighted by atomic mass is 32.2. The highest BCUT2D eigenvalue weighted by Crippen LogP contribution is 2.23. The van der Waals surface area contributed by atoms with Crippen LogP contribution >= 0.6 is 0 Å². The van der Waals surface area contributed by atoms with Gasteiger partial charge >= 0.3 is 0 Å². The lowest BCUT2D eigenvalue weighted by atomic mass is 10.2. The van der Waals surface area contributed by atoms with Crippen molar-refractivity contribution in [3.05, 3.63) is 90.0 Å². The maximum atomic E-state index is 13.8. The summed E-state index contributed by atoms with van der Waals surface area (Å²) < 4.78 is 80.5. The Labute approximate surface area is 173 Å². The van der Waals surface area contributed by atoms with Crippen LogP contribution in [0.25, 0.3) is 0 Å². The molecule has 0 amide bonds. The van der Waals surface area contributed by atoms with Crippen molar-refractivity contribution in [1.82, 2.24) is 4.31 Å². The van der Waals surface area contributed by atoms with Crippen LogP contribution in [0.4, 0.5) is 14.5 Å². The molecule has 0 saturated carbocycles. The highest BCUT2D eigenvalue weighted by molar-refractivity contribution is 7.92. The zero-order chi connectivity index (χ0) is 21.9. The monoisotopic (exact) mass is 452 g/mol. The van der Waals surface area contributed by atoms with Crippen LogP contribution in [-0.2, 0) is 26.6 Å². The Morgan fingerprint density at radius 2 is 1.50 bits per heavy atom. The summed E-state index contributed by atoms with van der Waals surface area (Å²) in [5.41, 5.74) is 0.813. The molecule has 0 saturated heterocycles. The second kappa shape index (κ2) is 8.50. The molecule has 0 aromatic heterocycles. The fourth-order valence-electron chi connectivity index (χ4n) is 2.69. The maximum Gasteiger partial charge on any atom is 0.264 e. The predicted molar refractivity (Wildman–Crippen MR) is 109 cm³/mol. The summed E-state index contributed by atoms with van der Waals surface area (Å²) in [6, 6.07) is 16.1. The smallest absolute Gasteiger partial charge is 0.264 e. The number of anilines is 1. The van der Waals surface area contributed by atoms with Gasteiger partial charge in [0.05, 0.1) is 4.90 Å². The van der Waals surface area contributed by atoms with Crippen LogP contribution < -0.4 is 4.72 Å². The van der Waals surface area contributed by atoms with Gasteiger partial charge in [0, 0.05) is 19.3 Å². The van der Waals surface area contributed by atoms with E-state index in [2.05, 4.69) is 4.72 Å². The van der Waals surface area contributed by atoms with Gasteiger partial charge in [-0.3, -0.25) is 4.72 Å². The van der Waals surface area contributed by atoms with E-state index >= 15 is 0 Å². The van der Waals surface area contributed by atoms with Crippen molar-refractivity contribution in [3.63, 3.8) is 0 Å². The average Bonchev–Trinajstić information content (AvgIpc) is 2.70. The fourth-order valence-corrected chi connectivity index (χ4v) is 5.00. The Hall–Kier alpha value is -2.82. The molecule has 0 fully saturated rings. The third kappa shape index (κ3) is 4.84. The second-order valence-corrected chi connectivity index (χ2v) is 10.1. The van der Waals surface area contributed by atoms with Crippen LogP contribution in [0.1, 0.15) is 5.56 Å². The van der Waals surface area contributed by atoms with Crippen molar-refractivity contribution >= 4 is 25.7 Å². The summed E-state index contributed by atoms with van der Waals surface area (Å²) >= 11 is 0. The van der Waals surface area contributed by atoms with Gasteiger partial charge in [-0.1, -0.05) is 30.3 Å². The lowest BCUT2D eigenvalue weighted by Crippen LogP contribution is -2.26. The molecule has 0 radical (unpaired) electrons. The van der Waals surface area contributed by atoms with E-state index in [1.165, 1.54) is 35.6 Å². The topological polar surface area (TPSA) is 83.6 Å². The first-order valence-electron chi connectivity index (χ1n) is 8.68. The number of benzene rings is 3. The number of hydrogen-bond donors (Lipinski definition) is 1. The Morgan fingerprint density at radius 3 is 2.13 bits per heavy atom. The van der Waals surface area contributed by atoms with Crippen molar-refractivity contribution in [2.45, 2.75) is 16.3 Å². The van der Waals surface area contributed by atoms with Gasteiger partial charge in [0.1, 0.15) is 16.5 Å². The van der Waals surface area contributed by atoms with E-state index in [0.29, 0.717) is 12.1 Å². The Kier molecular flexibility index (Phi) is 6.20. The maximum absolute atomic E-state index is 13.8. The lowest BCUT2D eigenvalue weighted by Gasteiger charge is -2.17. The summed E-state index contributed by atoms with van der Waals surface area (Å²) in [4.78, 5) is -0.886. The summed E-state index contributed by atoms with van der Waals surface area (Å²) in [7, 11) is -6.78. The zero-order valence-electron chi connectivity index (χ0n) is 15.8. The Morgan fingerprint density at radius 1 is 0.867 bits per heavy atom. The third-order valence-corrected chi connectivity index (χ3v) is 7.46. The predicted octanol–water partition coefficient (Wildman–Crippen LogP) is 3.59. The molecule has 3 aromatic carbocycles. The molecule has 0 spiro atoms. The molecular weight excluding hydrogens is 434 g/mol.